The van der Waals surface area contributed by atoms with Crippen LogP contribution in [0.1, 0.15) is 27.9 Å². The van der Waals surface area contributed by atoms with Crippen molar-refractivity contribution in [3.63, 3.8) is 0 Å². The van der Waals surface area contributed by atoms with E-state index >= 15 is 0 Å². The molecule has 2 aromatic carbocycles. The van der Waals surface area contributed by atoms with Crippen molar-refractivity contribution in [1.29, 1.82) is 0 Å². The lowest BCUT2D eigenvalue weighted by molar-refractivity contribution is -0.142. The van der Waals surface area contributed by atoms with E-state index in [4.69, 9.17) is 9.47 Å². The third kappa shape index (κ3) is 6.12. The van der Waals surface area contributed by atoms with Crippen molar-refractivity contribution in [3.05, 3.63) is 65.4 Å². The Balaban J connectivity index is 2.44. The van der Waals surface area contributed by atoms with E-state index in [9.17, 15) is 9.59 Å². The number of hydrogen-bond donors (Lipinski definition) is 1. The fourth-order valence-corrected chi connectivity index (χ4v) is 3.44. The van der Waals surface area contributed by atoms with Crippen molar-refractivity contribution in [2.45, 2.75) is 19.4 Å². The molecule has 0 spiro atoms. The number of carbonyl (C=O) groups excluding carboxylic acids is 2. The number of nitrogens with one attached hydrogen (secondary N) is 1. The fourth-order valence-electron chi connectivity index (χ4n) is 2.97. The van der Waals surface area contributed by atoms with Crippen LogP contribution in [0.5, 0.6) is 0 Å². The molecule has 29 heavy (non-hydrogen) atoms. The monoisotopic (exact) mass is 413 g/mol. The van der Waals surface area contributed by atoms with E-state index in [-0.39, 0.29) is 5.91 Å². The first-order valence-electron chi connectivity index (χ1n) is 9.28. The Labute approximate surface area is 176 Å². The summed E-state index contributed by atoms with van der Waals surface area (Å²) < 4.78 is 9.87. The number of hydrogen-bond acceptors (Lipinski definition) is 5. The molecule has 0 fully saturated rings. The molecule has 2 aromatic rings. The molecule has 0 aromatic heterocycles. The summed E-state index contributed by atoms with van der Waals surface area (Å²) in [5.41, 5.74) is 4.23. The van der Waals surface area contributed by atoms with Gasteiger partial charge in [0.2, 0.25) is 0 Å². The van der Waals surface area contributed by atoms with Gasteiger partial charge in [0.05, 0.1) is 20.5 Å². The Bertz CT molecular complexity index is 879. The molecule has 0 aliphatic heterocycles. The van der Waals surface area contributed by atoms with Crippen LogP contribution in [0.2, 0.25) is 0 Å². The highest BCUT2D eigenvalue weighted by molar-refractivity contribution is 7.98. The van der Waals surface area contributed by atoms with Crippen LogP contribution >= 0.6 is 11.8 Å². The molecule has 0 saturated carbocycles. The van der Waals surface area contributed by atoms with E-state index in [0.29, 0.717) is 12.0 Å². The molecule has 1 N–H and O–H groups in total. The Morgan fingerprint density at radius 2 is 1.90 bits per heavy atom. The first-order valence-corrected chi connectivity index (χ1v) is 10.7. The second-order valence-electron chi connectivity index (χ2n) is 6.49. The van der Waals surface area contributed by atoms with Crippen molar-refractivity contribution < 1.29 is 19.1 Å². The number of carbonyl (C=O) groups is 2. The topological polar surface area (TPSA) is 64.6 Å². The van der Waals surface area contributed by atoms with Crippen molar-refractivity contribution in [2.24, 2.45) is 0 Å². The summed E-state index contributed by atoms with van der Waals surface area (Å²) in [7, 11) is 2.92. The zero-order valence-corrected chi connectivity index (χ0v) is 18.0. The second-order valence-corrected chi connectivity index (χ2v) is 7.47. The Morgan fingerprint density at radius 3 is 2.55 bits per heavy atom. The molecule has 0 bridgehead atoms. The van der Waals surface area contributed by atoms with Gasteiger partial charge in [0.1, 0.15) is 6.04 Å². The highest BCUT2D eigenvalue weighted by Gasteiger charge is 2.23. The van der Waals surface area contributed by atoms with Gasteiger partial charge in [-0.05, 0) is 65.8 Å². The quantitative estimate of drug-likeness (QED) is 0.490. The van der Waals surface area contributed by atoms with Gasteiger partial charge < -0.3 is 14.8 Å². The number of aryl methyl sites for hydroxylation is 1. The minimum atomic E-state index is -0.683. The predicted molar refractivity (Wildman–Crippen MR) is 119 cm³/mol. The minimum Gasteiger partial charge on any atom is -0.504 e. The maximum absolute atomic E-state index is 13.1. The smallest absolute Gasteiger partial charge is 0.328 e. The molecule has 6 heteroatoms. The molecule has 0 aliphatic rings. The number of methoxy groups -OCH3 is 2. The summed E-state index contributed by atoms with van der Waals surface area (Å²) in [5.74, 6) is -0.00245. The lowest BCUT2D eigenvalue weighted by atomic mass is 9.93. The minimum absolute atomic E-state index is 0.304. The SMILES string of the molecule is COC=Cc1ccc(C(=O)N[C@@H](CCSC)C(=O)OC)c(-c2ccccc2C)c1. The molecule has 5 nitrogen and oxygen atoms in total. The van der Waals surface area contributed by atoms with E-state index in [1.54, 1.807) is 31.2 Å². The lowest BCUT2D eigenvalue weighted by Gasteiger charge is -2.18. The number of amides is 1. The van der Waals surface area contributed by atoms with Crippen molar-refractivity contribution in [2.75, 3.05) is 26.2 Å². The van der Waals surface area contributed by atoms with Gasteiger partial charge >= 0.3 is 5.97 Å². The first kappa shape index (κ1) is 22.6. The summed E-state index contributed by atoms with van der Waals surface area (Å²) in [6.45, 7) is 2.00. The van der Waals surface area contributed by atoms with Crippen LogP contribution in [-0.2, 0) is 14.3 Å². The molecular formula is C23H27NO4S. The zero-order valence-electron chi connectivity index (χ0n) is 17.2. The maximum Gasteiger partial charge on any atom is 0.328 e. The van der Waals surface area contributed by atoms with Crippen LogP contribution < -0.4 is 5.32 Å². The van der Waals surface area contributed by atoms with Gasteiger partial charge in [0.15, 0.2) is 0 Å². The van der Waals surface area contributed by atoms with E-state index in [0.717, 1.165) is 28.0 Å². The van der Waals surface area contributed by atoms with Crippen molar-refractivity contribution in [3.8, 4) is 11.1 Å². The molecule has 0 heterocycles. The summed E-state index contributed by atoms with van der Waals surface area (Å²) >= 11 is 1.61. The first-order chi connectivity index (χ1) is 14.0. The number of ether oxygens (including phenoxy) is 2. The van der Waals surface area contributed by atoms with Crippen LogP contribution in [0.3, 0.4) is 0 Å². The van der Waals surface area contributed by atoms with Crippen molar-refractivity contribution in [1.82, 2.24) is 5.32 Å². The number of thioether (sulfide) groups is 1. The molecule has 0 radical (unpaired) electrons. The number of benzene rings is 2. The third-order valence-electron chi connectivity index (χ3n) is 4.52. The van der Waals surface area contributed by atoms with Gasteiger partial charge in [-0.15, -0.1) is 0 Å². The van der Waals surface area contributed by atoms with Gasteiger partial charge in [0.25, 0.3) is 5.91 Å². The normalized spacial score (nSPS) is 11.9. The largest absolute Gasteiger partial charge is 0.504 e. The third-order valence-corrected chi connectivity index (χ3v) is 5.17. The molecule has 0 aliphatic carbocycles. The van der Waals surface area contributed by atoms with Gasteiger partial charge in [-0.1, -0.05) is 30.3 Å². The summed E-state index contributed by atoms with van der Waals surface area (Å²) in [6, 6.07) is 12.8. The Kier molecular flexibility index (Phi) is 8.80. The standard InChI is InChI=1S/C23H27NO4S/c1-16-7-5-6-8-18(16)20-15-17(11-13-27-2)9-10-19(20)22(25)24-21(12-14-29-4)23(26)28-3/h5-11,13,15,21H,12,14H2,1-4H3,(H,24,25)/t21-/m0/s1. The van der Waals surface area contributed by atoms with Gasteiger partial charge in [-0.3, -0.25) is 4.79 Å². The Hall–Kier alpha value is -2.73. The highest BCUT2D eigenvalue weighted by Crippen LogP contribution is 2.28. The molecule has 154 valence electrons. The second kappa shape index (κ2) is 11.3. The molecule has 1 atom stereocenters. The van der Waals surface area contributed by atoms with Crippen molar-refractivity contribution >= 4 is 29.7 Å². The molecule has 1 amide bonds. The van der Waals surface area contributed by atoms with Crippen LogP contribution in [0, 0.1) is 6.92 Å². The van der Waals surface area contributed by atoms with E-state index < -0.39 is 12.0 Å². The summed E-state index contributed by atoms with van der Waals surface area (Å²) in [4.78, 5) is 25.2. The van der Waals surface area contributed by atoms with E-state index in [2.05, 4.69) is 5.32 Å². The van der Waals surface area contributed by atoms with Gasteiger partial charge in [-0.25, -0.2) is 4.79 Å². The van der Waals surface area contributed by atoms with Crippen LogP contribution in [0.15, 0.2) is 48.7 Å². The summed E-state index contributed by atoms with van der Waals surface area (Å²) in [6.07, 6.45) is 5.89. The van der Waals surface area contributed by atoms with E-state index in [1.165, 1.54) is 7.11 Å². The summed E-state index contributed by atoms with van der Waals surface area (Å²) in [5, 5.41) is 2.84. The average Bonchev–Trinajstić information content (AvgIpc) is 2.74. The van der Waals surface area contributed by atoms with Gasteiger partial charge in [0, 0.05) is 5.56 Å². The highest BCUT2D eigenvalue weighted by atomic mass is 32.2. The van der Waals surface area contributed by atoms with E-state index in [1.807, 2.05) is 55.7 Å². The molecule has 2 rings (SSSR count). The predicted octanol–water partition coefficient (Wildman–Crippen LogP) is 4.30. The number of esters is 1. The van der Waals surface area contributed by atoms with Crippen LogP contribution in [-0.4, -0.2) is 44.1 Å². The Morgan fingerprint density at radius 1 is 1.14 bits per heavy atom. The number of rotatable bonds is 9. The fraction of sp³-hybridized carbons (Fsp3) is 0.304. The average molecular weight is 414 g/mol. The zero-order chi connectivity index (χ0) is 21.2. The van der Waals surface area contributed by atoms with Crippen LogP contribution in [0.4, 0.5) is 0 Å². The molecule has 0 saturated heterocycles. The molecule has 0 unspecified atom stereocenters. The molecular weight excluding hydrogens is 386 g/mol. The van der Waals surface area contributed by atoms with Gasteiger partial charge in [-0.2, -0.15) is 11.8 Å². The lowest BCUT2D eigenvalue weighted by Crippen LogP contribution is -2.42. The van der Waals surface area contributed by atoms with Crippen LogP contribution in [0.25, 0.3) is 17.2 Å². The maximum atomic E-state index is 13.1.